The number of hydrogen-bond donors (Lipinski definition) is 1. The predicted molar refractivity (Wildman–Crippen MR) is 78.8 cm³/mol. The number of morpholine rings is 1. The number of hydrogen-bond acceptors (Lipinski definition) is 6. The standard InChI is InChI=1S/C14H19N3O4/c1-2-16-5-6-21-12(9-16)8-15-13-4-3-11(10-18)7-14(13)17(19)20/h3-4,7,10,12,15H,2,5-6,8-9H2,1H3. The molecule has 2 rings (SSSR count). The minimum Gasteiger partial charge on any atom is -0.377 e. The summed E-state index contributed by atoms with van der Waals surface area (Å²) in [7, 11) is 0. The third-order valence-corrected chi connectivity index (χ3v) is 3.54. The molecule has 1 saturated heterocycles. The second-order valence-corrected chi connectivity index (χ2v) is 4.92. The normalized spacial score (nSPS) is 19.2. The molecule has 0 bridgehead atoms. The molecule has 0 radical (unpaired) electrons. The fourth-order valence-electron chi connectivity index (χ4n) is 2.34. The summed E-state index contributed by atoms with van der Waals surface area (Å²) in [5.41, 5.74) is 0.601. The van der Waals surface area contributed by atoms with Gasteiger partial charge in [-0.25, -0.2) is 0 Å². The molecule has 0 aliphatic carbocycles. The molecule has 7 heteroatoms. The van der Waals surface area contributed by atoms with Crippen molar-refractivity contribution < 1.29 is 14.5 Å². The summed E-state index contributed by atoms with van der Waals surface area (Å²) >= 11 is 0. The van der Waals surface area contributed by atoms with Gasteiger partial charge in [-0.15, -0.1) is 0 Å². The Bertz CT molecular complexity index is 521. The second kappa shape index (κ2) is 7.14. The fraction of sp³-hybridized carbons (Fsp3) is 0.500. The molecule has 1 heterocycles. The maximum absolute atomic E-state index is 11.0. The summed E-state index contributed by atoms with van der Waals surface area (Å²) in [4.78, 5) is 23.5. The number of nitro benzene ring substituents is 1. The first-order valence-corrected chi connectivity index (χ1v) is 6.95. The van der Waals surface area contributed by atoms with Crippen LogP contribution in [-0.4, -0.2) is 55.0 Å². The maximum Gasteiger partial charge on any atom is 0.293 e. The number of nitro groups is 1. The van der Waals surface area contributed by atoms with Crippen molar-refractivity contribution in [2.24, 2.45) is 0 Å². The van der Waals surface area contributed by atoms with E-state index in [0.717, 1.165) is 19.6 Å². The van der Waals surface area contributed by atoms with E-state index in [0.29, 0.717) is 30.7 Å². The van der Waals surface area contributed by atoms with Gasteiger partial charge in [0.1, 0.15) is 12.0 Å². The van der Waals surface area contributed by atoms with E-state index in [1.54, 1.807) is 12.1 Å². The SMILES string of the molecule is CCN1CCOC(CNc2ccc(C=O)cc2[N+](=O)[O-])C1. The number of carbonyl (C=O) groups excluding carboxylic acids is 1. The van der Waals surface area contributed by atoms with Gasteiger partial charge in [-0.3, -0.25) is 19.8 Å². The van der Waals surface area contributed by atoms with Gasteiger partial charge in [0.05, 0.1) is 17.6 Å². The van der Waals surface area contributed by atoms with Crippen molar-refractivity contribution in [2.45, 2.75) is 13.0 Å². The van der Waals surface area contributed by atoms with E-state index >= 15 is 0 Å². The van der Waals surface area contributed by atoms with E-state index in [1.807, 2.05) is 0 Å². The molecular formula is C14H19N3O4. The Labute approximate surface area is 123 Å². The van der Waals surface area contributed by atoms with E-state index in [1.165, 1.54) is 6.07 Å². The van der Waals surface area contributed by atoms with E-state index in [2.05, 4.69) is 17.1 Å². The van der Waals surface area contributed by atoms with Crippen molar-refractivity contribution >= 4 is 17.7 Å². The topological polar surface area (TPSA) is 84.7 Å². The van der Waals surface area contributed by atoms with Crippen LogP contribution < -0.4 is 5.32 Å². The summed E-state index contributed by atoms with van der Waals surface area (Å²) in [6.07, 6.45) is 0.601. The van der Waals surface area contributed by atoms with Crippen LogP contribution in [0.2, 0.25) is 0 Å². The number of anilines is 1. The minimum absolute atomic E-state index is 0.00375. The van der Waals surface area contributed by atoms with Crippen molar-refractivity contribution in [2.75, 3.05) is 38.1 Å². The van der Waals surface area contributed by atoms with Crippen molar-refractivity contribution in [3.63, 3.8) is 0 Å². The van der Waals surface area contributed by atoms with Crippen LogP contribution >= 0.6 is 0 Å². The average molecular weight is 293 g/mol. The highest BCUT2D eigenvalue weighted by Gasteiger charge is 2.21. The number of carbonyl (C=O) groups is 1. The van der Waals surface area contributed by atoms with E-state index < -0.39 is 4.92 Å². The molecule has 1 unspecified atom stereocenters. The van der Waals surface area contributed by atoms with Crippen LogP contribution in [0.15, 0.2) is 18.2 Å². The largest absolute Gasteiger partial charge is 0.377 e. The zero-order valence-electron chi connectivity index (χ0n) is 11.9. The number of nitrogens with zero attached hydrogens (tertiary/aromatic N) is 2. The Hall–Kier alpha value is -1.99. The molecule has 7 nitrogen and oxygen atoms in total. The highest BCUT2D eigenvalue weighted by atomic mass is 16.6. The third kappa shape index (κ3) is 3.99. The first-order valence-electron chi connectivity index (χ1n) is 6.95. The van der Waals surface area contributed by atoms with Crippen LogP contribution in [0.4, 0.5) is 11.4 Å². The maximum atomic E-state index is 11.0. The van der Waals surface area contributed by atoms with Gasteiger partial charge in [-0.2, -0.15) is 0 Å². The molecule has 0 spiro atoms. The molecule has 0 saturated carbocycles. The first kappa shape index (κ1) is 15.4. The van der Waals surface area contributed by atoms with Crippen LogP contribution in [0, 0.1) is 10.1 Å². The van der Waals surface area contributed by atoms with Crippen LogP contribution in [0.25, 0.3) is 0 Å². The molecule has 1 aromatic rings. The summed E-state index contributed by atoms with van der Waals surface area (Å²) in [5, 5.41) is 14.1. The minimum atomic E-state index is -0.491. The van der Waals surface area contributed by atoms with Gasteiger partial charge >= 0.3 is 0 Å². The van der Waals surface area contributed by atoms with Crippen molar-refractivity contribution in [1.82, 2.24) is 4.90 Å². The monoisotopic (exact) mass is 293 g/mol. The first-order chi connectivity index (χ1) is 10.1. The van der Waals surface area contributed by atoms with Gasteiger partial charge in [0.25, 0.3) is 5.69 Å². The summed E-state index contributed by atoms with van der Waals surface area (Å²) < 4.78 is 5.65. The lowest BCUT2D eigenvalue weighted by atomic mass is 10.2. The molecule has 0 aromatic heterocycles. The molecule has 1 aromatic carbocycles. The zero-order chi connectivity index (χ0) is 15.2. The van der Waals surface area contributed by atoms with Crippen LogP contribution in [0.5, 0.6) is 0 Å². The van der Waals surface area contributed by atoms with E-state index in [-0.39, 0.29) is 11.8 Å². The van der Waals surface area contributed by atoms with Gasteiger partial charge in [-0.05, 0) is 18.7 Å². The summed E-state index contributed by atoms with van der Waals surface area (Å²) in [5.74, 6) is 0. The molecule has 1 aliphatic rings. The number of benzene rings is 1. The van der Waals surface area contributed by atoms with Crippen LogP contribution in [-0.2, 0) is 4.74 Å². The van der Waals surface area contributed by atoms with Crippen LogP contribution in [0.1, 0.15) is 17.3 Å². The molecule has 114 valence electrons. The molecule has 1 atom stereocenters. The lowest BCUT2D eigenvalue weighted by Crippen LogP contribution is -2.45. The Morgan fingerprint density at radius 1 is 1.57 bits per heavy atom. The lowest BCUT2D eigenvalue weighted by Gasteiger charge is -2.32. The Morgan fingerprint density at radius 2 is 2.38 bits per heavy atom. The van der Waals surface area contributed by atoms with Crippen molar-refractivity contribution in [3.8, 4) is 0 Å². The quantitative estimate of drug-likeness (QED) is 0.486. The molecule has 0 amide bonds. The number of likely N-dealkylation sites (N-methyl/N-ethyl adjacent to an activating group) is 1. The van der Waals surface area contributed by atoms with Crippen molar-refractivity contribution in [1.29, 1.82) is 0 Å². The van der Waals surface area contributed by atoms with Crippen molar-refractivity contribution in [3.05, 3.63) is 33.9 Å². The van der Waals surface area contributed by atoms with Gasteiger partial charge < -0.3 is 10.1 Å². The fourth-order valence-corrected chi connectivity index (χ4v) is 2.34. The number of ether oxygens (including phenoxy) is 1. The lowest BCUT2D eigenvalue weighted by molar-refractivity contribution is -0.384. The summed E-state index contributed by atoms with van der Waals surface area (Å²) in [6.45, 7) is 5.96. The molecule has 21 heavy (non-hydrogen) atoms. The Morgan fingerprint density at radius 3 is 3.05 bits per heavy atom. The predicted octanol–water partition coefficient (Wildman–Crippen LogP) is 1.54. The molecule has 1 aliphatic heterocycles. The number of rotatable bonds is 6. The zero-order valence-corrected chi connectivity index (χ0v) is 11.9. The van der Waals surface area contributed by atoms with Gasteiger partial charge in [0.15, 0.2) is 0 Å². The van der Waals surface area contributed by atoms with E-state index in [4.69, 9.17) is 4.74 Å². The molecular weight excluding hydrogens is 274 g/mol. The molecule has 1 fully saturated rings. The number of aldehydes is 1. The highest BCUT2D eigenvalue weighted by Crippen LogP contribution is 2.25. The van der Waals surface area contributed by atoms with Gasteiger partial charge in [0, 0.05) is 31.3 Å². The second-order valence-electron chi connectivity index (χ2n) is 4.92. The molecule has 1 N–H and O–H groups in total. The van der Waals surface area contributed by atoms with Gasteiger partial charge in [0.2, 0.25) is 0 Å². The Kier molecular flexibility index (Phi) is 5.24. The summed E-state index contributed by atoms with van der Waals surface area (Å²) in [6, 6.07) is 4.39. The third-order valence-electron chi connectivity index (χ3n) is 3.54. The van der Waals surface area contributed by atoms with Crippen LogP contribution in [0.3, 0.4) is 0 Å². The smallest absolute Gasteiger partial charge is 0.293 e. The highest BCUT2D eigenvalue weighted by molar-refractivity contribution is 5.79. The van der Waals surface area contributed by atoms with Gasteiger partial charge in [-0.1, -0.05) is 6.92 Å². The van der Waals surface area contributed by atoms with E-state index in [9.17, 15) is 14.9 Å². The average Bonchev–Trinajstić information content (AvgIpc) is 2.52. The number of nitrogens with one attached hydrogen (secondary N) is 1. The Balaban J connectivity index is 2.02.